The lowest BCUT2D eigenvalue weighted by molar-refractivity contribution is -0.121. The third-order valence-corrected chi connectivity index (χ3v) is 3.28. The van der Waals surface area contributed by atoms with Crippen molar-refractivity contribution in [2.75, 3.05) is 0 Å². The van der Waals surface area contributed by atoms with Gasteiger partial charge in [0.1, 0.15) is 0 Å². The highest BCUT2D eigenvalue weighted by atomic mass is 16.1. The molecule has 104 valence electrons. The van der Waals surface area contributed by atoms with Crippen LogP contribution in [0.4, 0.5) is 0 Å². The van der Waals surface area contributed by atoms with Crippen molar-refractivity contribution in [3.63, 3.8) is 0 Å². The third kappa shape index (κ3) is 3.67. The van der Waals surface area contributed by atoms with E-state index in [4.69, 9.17) is 0 Å². The topological polar surface area (TPSA) is 42.0 Å². The standard InChI is InChI=1S/C17H20N2O/c1-3-4-17(20)19-13(2)14-5-7-15(8-6-14)16-9-11-18-12-10-16/h5-13H,3-4H2,1-2H3,(H,19,20)/t13-/m1/s1. The molecule has 0 spiro atoms. The van der Waals surface area contributed by atoms with E-state index in [1.54, 1.807) is 12.4 Å². The Kier molecular flexibility index (Phi) is 4.88. The monoisotopic (exact) mass is 268 g/mol. The van der Waals surface area contributed by atoms with Crippen molar-refractivity contribution >= 4 is 5.91 Å². The highest BCUT2D eigenvalue weighted by molar-refractivity contribution is 5.76. The van der Waals surface area contributed by atoms with Gasteiger partial charge in [0, 0.05) is 18.8 Å². The Morgan fingerprint density at radius 1 is 1.10 bits per heavy atom. The molecule has 0 fully saturated rings. The summed E-state index contributed by atoms with van der Waals surface area (Å²) in [5, 5.41) is 3.01. The fourth-order valence-corrected chi connectivity index (χ4v) is 2.13. The van der Waals surface area contributed by atoms with Crippen LogP contribution in [0.3, 0.4) is 0 Å². The van der Waals surface area contributed by atoms with Crippen molar-refractivity contribution in [1.29, 1.82) is 0 Å². The van der Waals surface area contributed by atoms with E-state index in [0.717, 1.165) is 23.1 Å². The van der Waals surface area contributed by atoms with Gasteiger partial charge in [-0.25, -0.2) is 0 Å². The van der Waals surface area contributed by atoms with E-state index in [0.29, 0.717) is 6.42 Å². The predicted octanol–water partition coefficient (Wildman–Crippen LogP) is 3.73. The van der Waals surface area contributed by atoms with Crippen molar-refractivity contribution in [3.05, 3.63) is 54.4 Å². The lowest BCUT2D eigenvalue weighted by Gasteiger charge is -2.14. The number of aromatic nitrogens is 1. The first kappa shape index (κ1) is 14.3. The second-order valence-electron chi connectivity index (χ2n) is 4.90. The van der Waals surface area contributed by atoms with E-state index >= 15 is 0 Å². The average molecular weight is 268 g/mol. The highest BCUT2D eigenvalue weighted by Gasteiger charge is 2.08. The van der Waals surface area contributed by atoms with Gasteiger partial charge in [-0.05, 0) is 42.2 Å². The molecule has 0 aliphatic rings. The van der Waals surface area contributed by atoms with Crippen molar-refractivity contribution in [3.8, 4) is 11.1 Å². The number of hydrogen-bond donors (Lipinski definition) is 1. The van der Waals surface area contributed by atoms with Crippen LogP contribution in [0, 0.1) is 0 Å². The summed E-state index contributed by atoms with van der Waals surface area (Å²) in [6, 6.07) is 12.3. The molecule has 1 aromatic carbocycles. The molecule has 0 bridgehead atoms. The van der Waals surface area contributed by atoms with Crippen molar-refractivity contribution < 1.29 is 4.79 Å². The minimum atomic E-state index is 0.0422. The molecule has 1 N–H and O–H groups in total. The van der Waals surface area contributed by atoms with Gasteiger partial charge in [-0.2, -0.15) is 0 Å². The first-order valence-corrected chi connectivity index (χ1v) is 7.00. The van der Waals surface area contributed by atoms with E-state index < -0.39 is 0 Å². The average Bonchev–Trinajstić information content (AvgIpc) is 2.48. The molecule has 3 nitrogen and oxygen atoms in total. The van der Waals surface area contributed by atoms with Crippen LogP contribution in [0.1, 0.15) is 38.3 Å². The molecule has 0 saturated carbocycles. The molecular weight excluding hydrogens is 248 g/mol. The van der Waals surface area contributed by atoms with Gasteiger partial charge < -0.3 is 5.32 Å². The van der Waals surface area contributed by atoms with Crippen molar-refractivity contribution in [1.82, 2.24) is 10.3 Å². The Balaban J connectivity index is 2.06. The summed E-state index contributed by atoms with van der Waals surface area (Å²) >= 11 is 0. The maximum atomic E-state index is 11.6. The second-order valence-corrected chi connectivity index (χ2v) is 4.90. The first-order valence-electron chi connectivity index (χ1n) is 7.00. The maximum absolute atomic E-state index is 11.6. The number of nitrogens with zero attached hydrogens (tertiary/aromatic N) is 1. The van der Waals surface area contributed by atoms with E-state index in [2.05, 4.69) is 34.6 Å². The molecule has 1 aromatic heterocycles. The minimum Gasteiger partial charge on any atom is -0.350 e. The smallest absolute Gasteiger partial charge is 0.220 e. The van der Waals surface area contributed by atoms with Crippen molar-refractivity contribution in [2.45, 2.75) is 32.7 Å². The molecule has 0 unspecified atom stereocenters. The summed E-state index contributed by atoms with van der Waals surface area (Å²) in [6.45, 7) is 4.02. The van der Waals surface area contributed by atoms with Gasteiger partial charge in [0.2, 0.25) is 5.91 Å². The summed E-state index contributed by atoms with van der Waals surface area (Å²) in [5.74, 6) is 0.109. The van der Waals surface area contributed by atoms with E-state index in [9.17, 15) is 4.79 Å². The molecule has 0 radical (unpaired) electrons. The number of benzene rings is 1. The Morgan fingerprint density at radius 3 is 2.30 bits per heavy atom. The molecule has 1 atom stereocenters. The maximum Gasteiger partial charge on any atom is 0.220 e. The fourth-order valence-electron chi connectivity index (χ4n) is 2.13. The summed E-state index contributed by atoms with van der Waals surface area (Å²) in [6.07, 6.45) is 5.03. The van der Waals surface area contributed by atoms with Gasteiger partial charge in [-0.3, -0.25) is 9.78 Å². The van der Waals surface area contributed by atoms with E-state index in [1.807, 2.05) is 26.0 Å². The van der Waals surface area contributed by atoms with E-state index in [1.165, 1.54) is 0 Å². The summed E-state index contributed by atoms with van der Waals surface area (Å²) in [5.41, 5.74) is 3.42. The number of nitrogens with one attached hydrogen (secondary N) is 1. The zero-order chi connectivity index (χ0) is 14.4. The van der Waals surface area contributed by atoms with Crippen LogP contribution in [-0.2, 0) is 4.79 Å². The Morgan fingerprint density at radius 2 is 1.70 bits per heavy atom. The predicted molar refractivity (Wildman–Crippen MR) is 81.1 cm³/mol. The van der Waals surface area contributed by atoms with Crippen LogP contribution < -0.4 is 5.32 Å². The lowest BCUT2D eigenvalue weighted by atomic mass is 10.0. The van der Waals surface area contributed by atoms with Crippen LogP contribution in [-0.4, -0.2) is 10.9 Å². The van der Waals surface area contributed by atoms with Gasteiger partial charge in [-0.1, -0.05) is 31.2 Å². The van der Waals surface area contributed by atoms with Crippen LogP contribution in [0.5, 0.6) is 0 Å². The zero-order valence-electron chi connectivity index (χ0n) is 12.0. The molecule has 2 rings (SSSR count). The number of carbonyl (C=O) groups is 1. The molecular formula is C17H20N2O. The number of rotatable bonds is 5. The molecule has 1 amide bonds. The number of amides is 1. The number of pyridine rings is 1. The summed E-state index contributed by atoms with van der Waals surface area (Å²) < 4.78 is 0. The molecule has 0 aliphatic carbocycles. The normalized spacial score (nSPS) is 11.9. The Bertz CT molecular complexity index is 549. The van der Waals surface area contributed by atoms with E-state index in [-0.39, 0.29) is 11.9 Å². The van der Waals surface area contributed by atoms with Crippen molar-refractivity contribution in [2.24, 2.45) is 0 Å². The minimum absolute atomic E-state index is 0.0422. The van der Waals surface area contributed by atoms with Crippen LogP contribution in [0.25, 0.3) is 11.1 Å². The fraction of sp³-hybridized carbons (Fsp3) is 0.294. The van der Waals surface area contributed by atoms with Gasteiger partial charge in [0.05, 0.1) is 6.04 Å². The highest BCUT2D eigenvalue weighted by Crippen LogP contribution is 2.21. The van der Waals surface area contributed by atoms with Gasteiger partial charge >= 0.3 is 0 Å². The van der Waals surface area contributed by atoms with Crippen LogP contribution in [0.15, 0.2) is 48.8 Å². The molecule has 0 aliphatic heterocycles. The first-order chi connectivity index (χ1) is 9.70. The third-order valence-electron chi connectivity index (χ3n) is 3.28. The van der Waals surface area contributed by atoms with Crippen LogP contribution >= 0.6 is 0 Å². The summed E-state index contributed by atoms with van der Waals surface area (Å²) in [7, 11) is 0. The zero-order valence-corrected chi connectivity index (χ0v) is 12.0. The SMILES string of the molecule is CCCC(=O)N[C@H](C)c1ccc(-c2ccncc2)cc1. The molecule has 3 heteroatoms. The van der Waals surface area contributed by atoms with Gasteiger partial charge in [-0.15, -0.1) is 0 Å². The Labute approximate surface area is 120 Å². The molecule has 20 heavy (non-hydrogen) atoms. The number of carbonyl (C=O) groups excluding carboxylic acids is 1. The molecule has 0 saturated heterocycles. The number of hydrogen-bond acceptors (Lipinski definition) is 2. The molecule has 2 aromatic rings. The Hall–Kier alpha value is -2.16. The van der Waals surface area contributed by atoms with Gasteiger partial charge in [0.15, 0.2) is 0 Å². The second kappa shape index (κ2) is 6.85. The molecule has 1 heterocycles. The largest absolute Gasteiger partial charge is 0.350 e. The lowest BCUT2D eigenvalue weighted by Crippen LogP contribution is -2.26. The summed E-state index contributed by atoms with van der Waals surface area (Å²) in [4.78, 5) is 15.6. The van der Waals surface area contributed by atoms with Gasteiger partial charge in [0.25, 0.3) is 0 Å². The quantitative estimate of drug-likeness (QED) is 0.897. The van der Waals surface area contributed by atoms with Crippen LogP contribution in [0.2, 0.25) is 0 Å².